The van der Waals surface area contributed by atoms with E-state index in [1.54, 1.807) is 0 Å². The van der Waals surface area contributed by atoms with Gasteiger partial charge in [-0.1, -0.05) is 60.3 Å². The third-order valence-electron chi connectivity index (χ3n) is 9.73. The molecule has 210 valence electrons. The van der Waals surface area contributed by atoms with Gasteiger partial charge in [-0.3, -0.25) is 14.5 Å². The van der Waals surface area contributed by atoms with Crippen LogP contribution in [0.2, 0.25) is 0 Å². The molecule has 1 saturated carbocycles. The maximum Gasteiger partial charge on any atom is 0.306 e. The quantitative estimate of drug-likeness (QED) is 0.212. The second kappa shape index (κ2) is 12.2. The fraction of sp³-hybridized carbons (Fsp3) is 0.935. The monoisotopic (exact) mass is 507 g/mol. The molecule has 0 spiro atoms. The number of piperidine rings is 1. The van der Waals surface area contributed by atoms with Crippen LogP contribution in [0.3, 0.4) is 0 Å². The summed E-state index contributed by atoms with van der Waals surface area (Å²) >= 11 is 0. The van der Waals surface area contributed by atoms with Crippen molar-refractivity contribution in [3.8, 4) is 0 Å². The van der Waals surface area contributed by atoms with Crippen LogP contribution in [0.25, 0.3) is 0 Å². The first-order valence-electron chi connectivity index (χ1n) is 14.6. The highest BCUT2D eigenvalue weighted by molar-refractivity contribution is 5.69. The molecule has 0 unspecified atom stereocenters. The van der Waals surface area contributed by atoms with Gasteiger partial charge in [0.25, 0.3) is 0 Å². The number of hydrogen-bond acceptors (Lipinski definition) is 5. The average molecular weight is 508 g/mol. The smallest absolute Gasteiger partial charge is 0.306 e. The van der Waals surface area contributed by atoms with Gasteiger partial charge in [-0.25, -0.2) is 0 Å². The Hall–Kier alpha value is -1.10. The van der Waals surface area contributed by atoms with E-state index in [1.165, 1.54) is 0 Å². The zero-order valence-corrected chi connectivity index (χ0v) is 25.3. The fourth-order valence-electron chi connectivity index (χ4n) is 6.84. The highest BCUT2D eigenvalue weighted by Gasteiger charge is 2.46. The van der Waals surface area contributed by atoms with E-state index in [-0.39, 0.29) is 46.1 Å². The third-order valence-corrected chi connectivity index (χ3v) is 9.73. The average Bonchev–Trinajstić information content (AvgIpc) is 2.71. The van der Waals surface area contributed by atoms with Gasteiger partial charge in [0.1, 0.15) is 12.2 Å². The Morgan fingerprint density at radius 2 is 0.972 bits per heavy atom. The van der Waals surface area contributed by atoms with Crippen LogP contribution in [0.4, 0.5) is 0 Å². The van der Waals surface area contributed by atoms with Crippen molar-refractivity contribution in [1.29, 1.82) is 0 Å². The lowest BCUT2D eigenvalue weighted by molar-refractivity contribution is -0.160. The van der Waals surface area contributed by atoms with Crippen LogP contribution in [-0.4, -0.2) is 47.2 Å². The van der Waals surface area contributed by atoms with E-state index in [1.807, 2.05) is 0 Å². The van der Waals surface area contributed by atoms with Crippen molar-refractivity contribution in [2.24, 2.45) is 16.7 Å². The Kier molecular flexibility index (Phi) is 10.5. The minimum atomic E-state index is -0.0534. The molecule has 5 nitrogen and oxygen atoms in total. The lowest BCUT2D eigenvalue weighted by Crippen LogP contribution is -2.60. The molecule has 1 heterocycles. The topological polar surface area (TPSA) is 55.8 Å². The highest BCUT2D eigenvalue weighted by Crippen LogP contribution is 2.51. The number of likely N-dealkylation sites (tertiary alicyclic amines) is 1. The zero-order chi connectivity index (χ0) is 27.4. The number of esters is 2. The summed E-state index contributed by atoms with van der Waals surface area (Å²) in [5.74, 6) is 0.516. The minimum Gasteiger partial charge on any atom is -0.462 e. The van der Waals surface area contributed by atoms with Gasteiger partial charge in [-0.15, -0.1) is 0 Å². The molecule has 1 aliphatic carbocycles. The first kappa shape index (κ1) is 31.1. The van der Waals surface area contributed by atoms with E-state index in [2.05, 4.69) is 74.3 Å². The van der Waals surface area contributed by atoms with Crippen molar-refractivity contribution in [3.05, 3.63) is 0 Å². The molecular formula is C31H57NO4. The second-order valence-corrected chi connectivity index (χ2v) is 14.5. The number of rotatable bonds is 11. The maximum atomic E-state index is 12.4. The fourth-order valence-corrected chi connectivity index (χ4v) is 6.84. The Bertz CT molecular complexity index is 641. The summed E-state index contributed by atoms with van der Waals surface area (Å²) < 4.78 is 11.7. The molecule has 1 saturated heterocycles. The molecule has 2 rings (SSSR count). The normalized spacial score (nSPS) is 27.4. The number of hydrogen-bond donors (Lipinski definition) is 0. The van der Waals surface area contributed by atoms with Crippen LogP contribution in [0, 0.1) is 16.7 Å². The molecule has 0 bridgehead atoms. The van der Waals surface area contributed by atoms with Crippen LogP contribution < -0.4 is 0 Å². The molecule has 5 heteroatoms. The molecule has 0 aromatic heterocycles. The lowest BCUT2D eigenvalue weighted by Gasteiger charge is -2.53. The zero-order valence-electron chi connectivity index (χ0n) is 25.3. The van der Waals surface area contributed by atoms with Gasteiger partial charge in [0.15, 0.2) is 0 Å². The number of unbranched alkanes of at least 4 members (excludes halogenated alkanes) is 5. The molecule has 0 atom stereocenters. The number of ether oxygens (including phenoxy) is 2. The van der Waals surface area contributed by atoms with Crippen molar-refractivity contribution in [1.82, 2.24) is 4.90 Å². The molecular weight excluding hydrogens is 450 g/mol. The molecule has 1 aliphatic heterocycles. The van der Waals surface area contributed by atoms with Crippen LogP contribution in [-0.2, 0) is 19.1 Å². The lowest BCUT2D eigenvalue weighted by atomic mass is 9.57. The second-order valence-electron chi connectivity index (χ2n) is 14.5. The van der Waals surface area contributed by atoms with E-state index >= 15 is 0 Å². The van der Waals surface area contributed by atoms with E-state index < -0.39 is 0 Å². The Labute approximate surface area is 222 Å². The molecule has 0 N–H and O–H groups in total. The number of carbonyl (C=O) groups excluding carboxylic acids is 2. The summed E-state index contributed by atoms with van der Waals surface area (Å²) in [5.41, 5.74) is 0.446. The maximum absolute atomic E-state index is 12.4. The first-order valence-corrected chi connectivity index (χ1v) is 14.6. The van der Waals surface area contributed by atoms with Gasteiger partial charge in [0, 0.05) is 36.8 Å². The van der Waals surface area contributed by atoms with E-state index in [9.17, 15) is 9.59 Å². The third kappa shape index (κ3) is 8.74. The van der Waals surface area contributed by atoms with Crippen LogP contribution in [0.1, 0.15) is 139 Å². The summed E-state index contributed by atoms with van der Waals surface area (Å²) in [7, 11) is 2.17. The molecule has 0 amide bonds. The summed E-state index contributed by atoms with van der Waals surface area (Å²) in [4.78, 5) is 27.2. The SMILES string of the molecule is CC1C(C)(C)CC(OC(=O)CCCCCCCCC(=O)OC2CC(C)(C)N(C)C(C)(C)C2)CC1(C)C. The largest absolute Gasteiger partial charge is 0.462 e. The van der Waals surface area contributed by atoms with Crippen molar-refractivity contribution in [3.63, 3.8) is 0 Å². The summed E-state index contributed by atoms with van der Waals surface area (Å²) in [6.07, 6.45) is 10.8. The Balaban J connectivity index is 1.54. The Morgan fingerprint density at radius 1 is 0.639 bits per heavy atom. The van der Waals surface area contributed by atoms with Crippen molar-refractivity contribution in [2.45, 2.75) is 163 Å². The minimum absolute atomic E-state index is 0.00705. The highest BCUT2D eigenvalue weighted by atomic mass is 16.5. The van der Waals surface area contributed by atoms with Gasteiger partial charge >= 0.3 is 11.9 Å². The molecule has 0 aromatic carbocycles. The Morgan fingerprint density at radius 3 is 1.36 bits per heavy atom. The molecule has 0 radical (unpaired) electrons. The summed E-state index contributed by atoms with van der Waals surface area (Å²) in [5, 5.41) is 0. The van der Waals surface area contributed by atoms with E-state index in [0.29, 0.717) is 18.8 Å². The van der Waals surface area contributed by atoms with Gasteiger partial charge in [-0.05, 0) is 77.2 Å². The van der Waals surface area contributed by atoms with Gasteiger partial charge < -0.3 is 9.47 Å². The summed E-state index contributed by atoms with van der Waals surface area (Å²) in [6, 6.07) is 0. The van der Waals surface area contributed by atoms with Crippen LogP contribution >= 0.6 is 0 Å². The predicted molar refractivity (Wildman–Crippen MR) is 148 cm³/mol. The molecule has 0 aromatic rings. The number of nitrogens with zero attached hydrogens (tertiary/aromatic N) is 1. The van der Waals surface area contributed by atoms with E-state index in [0.717, 1.165) is 64.2 Å². The molecule has 2 fully saturated rings. The standard InChI is InChI=1S/C31H57NO4/c1-23-28(2,3)19-24(20-29(23,4)5)35-26(33)17-15-13-11-12-14-16-18-27(34)36-25-21-30(6,7)32(10)31(8,9)22-25/h23-25H,11-22H2,1-10H3. The van der Waals surface area contributed by atoms with Crippen molar-refractivity contribution >= 4 is 11.9 Å². The van der Waals surface area contributed by atoms with Crippen molar-refractivity contribution < 1.29 is 19.1 Å². The predicted octanol–water partition coefficient (Wildman–Crippen LogP) is 7.70. The van der Waals surface area contributed by atoms with Gasteiger partial charge in [0.2, 0.25) is 0 Å². The van der Waals surface area contributed by atoms with Crippen molar-refractivity contribution in [2.75, 3.05) is 7.05 Å². The van der Waals surface area contributed by atoms with Gasteiger partial charge in [0.05, 0.1) is 0 Å². The first-order chi connectivity index (χ1) is 16.5. The van der Waals surface area contributed by atoms with Crippen LogP contribution in [0.15, 0.2) is 0 Å². The van der Waals surface area contributed by atoms with Crippen LogP contribution in [0.5, 0.6) is 0 Å². The number of carbonyl (C=O) groups is 2. The van der Waals surface area contributed by atoms with E-state index in [4.69, 9.17) is 9.47 Å². The summed E-state index contributed by atoms with van der Waals surface area (Å²) in [6.45, 7) is 20.4. The molecule has 36 heavy (non-hydrogen) atoms. The molecule has 2 aliphatic rings. The van der Waals surface area contributed by atoms with Gasteiger partial charge in [-0.2, -0.15) is 0 Å².